The molecule has 2 rings (SSSR count). The van der Waals surface area contributed by atoms with Gasteiger partial charge in [-0.05, 0) is 7.05 Å². The Balaban J connectivity index is 2.15. The lowest BCUT2D eigenvalue weighted by molar-refractivity contribution is -0.101. The van der Waals surface area contributed by atoms with Gasteiger partial charge in [0.15, 0.2) is 0 Å². The number of aliphatic hydroxyl groups is 1. The van der Waals surface area contributed by atoms with Crippen LogP contribution < -0.4 is 0 Å². The quantitative estimate of drug-likeness (QED) is 0.567. The molecule has 0 bridgehead atoms. The molecule has 3 unspecified atom stereocenters. The van der Waals surface area contributed by atoms with Gasteiger partial charge in [0, 0.05) is 17.5 Å². The van der Waals surface area contributed by atoms with E-state index in [1.165, 1.54) is 0 Å². The van der Waals surface area contributed by atoms with Gasteiger partial charge < -0.3 is 9.84 Å². The number of hydrogen-bond acceptors (Lipinski definition) is 3. The lowest BCUT2D eigenvalue weighted by Gasteiger charge is -2.56. The van der Waals surface area contributed by atoms with Crippen molar-refractivity contribution in [1.29, 1.82) is 0 Å². The van der Waals surface area contributed by atoms with Crippen molar-refractivity contribution in [3.8, 4) is 0 Å². The van der Waals surface area contributed by atoms with Crippen LogP contribution in [0.1, 0.15) is 6.92 Å². The minimum atomic E-state index is 0.226. The fourth-order valence-electron chi connectivity index (χ4n) is 2.52. The van der Waals surface area contributed by atoms with Gasteiger partial charge in [0.2, 0.25) is 0 Å². The van der Waals surface area contributed by atoms with Gasteiger partial charge in [0.05, 0.1) is 19.8 Å². The number of aliphatic hydroxyl groups excluding tert-OH is 1. The summed E-state index contributed by atoms with van der Waals surface area (Å²) in [5, 5.41) is 9.07. The van der Waals surface area contributed by atoms with Crippen LogP contribution in [0, 0.1) is 5.41 Å². The van der Waals surface area contributed by atoms with Crippen molar-refractivity contribution in [3.63, 3.8) is 0 Å². The summed E-state index contributed by atoms with van der Waals surface area (Å²) in [6.07, 6.45) is 0. The summed E-state index contributed by atoms with van der Waals surface area (Å²) in [5.41, 5.74) is 0.226. The van der Waals surface area contributed by atoms with Crippen LogP contribution >= 0.6 is 0 Å². The predicted molar refractivity (Wildman–Crippen MR) is 41.4 cm³/mol. The topological polar surface area (TPSA) is 32.7 Å². The molecule has 0 radical (unpaired) electrons. The molecule has 11 heavy (non-hydrogen) atoms. The monoisotopic (exact) mass is 157 g/mol. The van der Waals surface area contributed by atoms with Crippen LogP contribution in [0.25, 0.3) is 0 Å². The van der Waals surface area contributed by atoms with Crippen LogP contribution in [0.3, 0.4) is 0 Å². The Morgan fingerprint density at radius 3 is 3.09 bits per heavy atom. The Morgan fingerprint density at radius 1 is 1.73 bits per heavy atom. The first kappa shape index (κ1) is 7.53. The zero-order valence-corrected chi connectivity index (χ0v) is 7.08. The summed E-state index contributed by atoms with van der Waals surface area (Å²) in [4.78, 5) is 2.22. The highest BCUT2D eigenvalue weighted by Gasteiger charge is 2.58. The molecule has 3 heteroatoms. The van der Waals surface area contributed by atoms with E-state index in [1.807, 2.05) is 0 Å². The van der Waals surface area contributed by atoms with E-state index in [4.69, 9.17) is 9.84 Å². The maximum Gasteiger partial charge on any atom is 0.0628 e. The number of likely N-dealkylation sites (N-methyl/N-ethyl adjacent to an activating group) is 1. The molecule has 2 saturated heterocycles. The van der Waals surface area contributed by atoms with Gasteiger partial charge in [0.25, 0.3) is 0 Å². The highest BCUT2D eigenvalue weighted by molar-refractivity contribution is 5.10. The summed E-state index contributed by atoms with van der Waals surface area (Å²) in [6, 6.07) is 0.856. The average Bonchev–Trinajstić information content (AvgIpc) is 2.29. The molecule has 0 spiro atoms. The molecule has 3 atom stereocenters. The van der Waals surface area contributed by atoms with Crippen LogP contribution in [0.2, 0.25) is 0 Å². The fraction of sp³-hybridized carbons (Fsp3) is 1.00. The van der Waals surface area contributed by atoms with Crippen molar-refractivity contribution in [2.24, 2.45) is 5.41 Å². The third-order valence-electron chi connectivity index (χ3n) is 3.37. The van der Waals surface area contributed by atoms with Crippen molar-refractivity contribution in [2.45, 2.75) is 19.0 Å². The van der Waals surface area contributed by atoms with Gasteiger partial charge in [0.1, 0.15) is 0 Å². The van der Waals surface area contributed by atoms with E-state index in [9.17, 15) is 0 Å². The molecule has 1 N–H and O–H groups in total. The molecule has 2 aliphatic rings. The summed E-state index contributed by atoms with van der Waals surface area (Å²) in [7, 11) is 2.06. The predicted octanol–water partition coefficient (Wildman–Crippen LogP) is -0.302. The van der Waals surface area contributed by atoms with E-state index in [0.29, 0.717) is 12.1 Å². The second kappa shape index (κ2) is 2.19. The van der Waals surface area contributed by atoms with E-state index in [1.54, 1.807) is 0 Å². The normalized spacial score (nSPS) is 50.5. The highest BCUT2D eigenvalue weighted by atomic mass is 16.5. The molecule has 64 valence electrons. The van der Waals surface area contributed by atoms with Gasteiger partial charge in [-0.15, -0.1) is 0 Å². The molecule has 2 aliphatic heterocycles. The van der Waals surface area contributed by atoms with E-state index < -0.39 is 0 Å². The van der Waals surface area contributed by atoms with Crippen LogP contribution in [0.15, 0.2) is 0 Å². The van der Waals surface area contributed by atoms with Crippen molar-refractivity contribution in [1.82, 2.24) is 4.90 Å². The standard InChI is InChI=1S/C8H15NO2/c1-8-5-11-4-7(8)9(2)6(8)3-10/h6-7,10H,3-5H2,1-2H3. The minimum Gasteiger partial charge on any atom is -0.395 e. The summed E-state index contributed by atoms with van der Waals surface area (Å²) < 4.78 is 5.38. The Labute approximate surface area is 66.9 Å². The molecular weight excluding hydrogens is 142 g/mol. The minimum absolute atomic E-state index is 0.226. The van der Waals surface area contributed by atoms with Crippen LogP contribution in [0.5, 0.6) is 0 Å². The molecule has 0 aromatic heterocycles. The first-order chi connectivity index (χ1) is 5.20. The van der Waals surface area contributed by atoms with E-state index in [0.717, 1.165) is 13.2 Å². The number of rotatable bonds is 1. The summed E-state index contributed by atoms with van der Waals surface area (Å²) in [6.45, 7) is 4.11. The van der Waals surface area contributed by atoms with Gasteiger partial charge >= 0.3 is 0 Å². The number of ether oxygens (including phenoxy) is 1. The Hall–Kier alpha value is -0.120. The Morgan fingerprint density at radius 2 is 2.45 bits per heavy atom. The number of nitrogens with zero attached hydrogens (tertiary/aromatic N) is 1. The lowest BCUT2D eigenvalue weighted by atomic mass is 9.69. The SMILES string of the molecule is CN1C(CO)C2(C)COCC12. The van der Waals surface area contributed by atoms with Crippen molar-refractivity contribution >= 4 is 0 Å². The molecule has 0 saturated carbocycles. The largest absolute Gasteiger partial charge is 0.395 e. The number of likely N-dealkylation sites (tertiary alicyclic amines) is 1. The van der Waals surface area contributed by atoms with Gasteiger partial charge in [-0.3, -0.25) is 4.90 Å². The van der Waals surface area contributed by atoms with E-state index >= 15 is 0 Å². The second-order valence-corrected chi connectivity index (χ2v) is 3.90. The van der Waals surface area contributed by atoms with Crippen LogP contribution in [0.4, 0.5) is 0 Å². The van der Waals surface area contributed by atoms with Gasteiger partial charge in [-0.1, -0.05) is 6.92 Å². The maximum atomic E-state index is 9.07. The van der Waals surface area contributed by atoms with E-state index in [2.05, 4.69) is 18.9 Å². The molecule has 2 heterocycles. The average molecular weight is 157 g/mol. The van der Waals surface area contributed by atoms with Gasteiger partial charge in [-0.2, -0.15) is 0 Å². The number of hydrogen-bond donors (Lipinski definition) is 1. The Kier molecular flexibility index (Phi) is 1.50. The van der Waals surface area contributed by atoms with Crippen LogP contribution in [-0.4, -0.2) is 49.0 Å². The third kappa shape index (κ3) is 0.736. The molecule has 3 nitrogen and oxygen atoms in total. The molecule has 0 amide bonds. The molecule has 0 aromatic rings. The highest BCUT2D eigenvalue weighted by Crippen LogP contribution is 2.46. The molecule has 2 fully saturated rings. The first-order valence-corrected chi connectivity index (χ1v) is 4.10. The van der Waals surface area contributed by atoms with Crippen molar-refractivity contribution in [2.75, 3.05) is 26.9 Å². The molecular formula is C8H15NO2. The lowest BCUT2D eigenvalue weighted by Crippen LogP contribution is -2.69. The Bertz CT molecular complexity index is 173. The molecule has 0 aliphatic carbocycles. The maximum absolute atomic E-state index is 9.07. The van der Waals surface area contributed by atoms with Crippen molar-refractivity contribution in [3.05, 3.63) is 0 Å². The summed E-state index contributed by atoms with van der Waals surface area (Å²) in [5.74, 6) is 0. The molecule has 0 aromatic carbocycles. The van der Waals surface area contributed by atoms with Gasteiger partial charge in [-0.25, -0.2) is 0 Å². The van der Waals surface area contributed by atoms with Crippen LogP contribution in [-0.2, 0) is 4.74 Å². The van der Waals surface area contributed by atoms with Crippen molar-refractivity contribution < 1.29 is 9.84 Å². The second-order valence-electron chi connectivity index (χ2n) is 3.90. The van der Waals surface area contributed by atoms with E-state index in [-0.39, 0.29) is 12.0 Å². The zero-order valence-electron chi connectivity index (χ0n) is 7.08. The zero-order chi connectivity index (χ0) is 8.06. The third-order valence-corrected chi connectivity index (χ3v) is 3.37. The first-order valence-electron chi connectivity index (χ1n) is 4.10. The fourth-order valence-corrected chi connectivity index (χ4v) is 2.52. The summed E-state index contributed by atoms with van der Waals surface area (Å²) >= 11 is 0. The number of fused-ring (bicyclic) bond motifs is 1. The smallest absolute Gasteiger partial charge is 0.0628 e.